The Balaban J connectivity index is 1.64. The molecule has 0 aromatic rings. The van der Waals surface area contributed by atoms with Crippen LogP contribution in [0.1, 0.15) is 99.8 Å². The fraction of sp³-hybridized carbons (Fsp3) is 0.900. The number of hydrogen-bond acceptors (Lipinski definition) is 3. The molecule has 0 radical (unpaired) electrons. The van der Waals surface area contributed by atoms with Crippen LogP contribution in [0.25, 0.3) is 0 Å². The van der Waals surface area contributed by atoms with Crippen LogP contribution < -0.4 is 0 Å². The molecular formula is C30H48O4. The molecule has 0 heterocycles. The van der Waals surface area contributed by atoms with Crippen molar-refractivity contribution in [2.45, 2.75) is 112 Å². The predicted octanol–water partition coefficient (Wildman–Crippen LogP) is 6.06. The fourth-order valence-electron chi connectivity index (χ4n) is 10.9. The lowest BCUT2D eigenvalue weighted by molar-refractivity contribution is -0.233. The number of rotatable bonds is 1. The fourth-order valence-corrected chi connectivity index (χ4v) is 10.9. The Bertz CT molecular complexity index is 911. The molecule has 1 unspecified atom stereocenters. The van der Waals surface area contributed by atoms with Gasteiger partial charge in [-0.05, 0) is 104 Å². The van der Waals surface area contributed by atoms with E-state index in [4.69, 9.17) is 0 Å². The Labute approximate surface area is 206 Å². The van der Waals surface area contributed by atoms with Crippen LogP contribution in [-0.2, 0) is 4.79 Å². The van der Waals surface area contributed by atoms with E-state index in [0.717, 1.165) is 25.7 Å². The predicted molar refractivity (Wildman–Crippen MR) is 134 cm³/mol. The van der Waals surface area contributed by atoms with Gasteiger partial charge in [0.05, 0.1) is 17.6 Å². The number of carboxylic acids is 1. The van der Waals surface area contributed by atoms with Gasteiger partial charge in [-0.25, -0.2) is 0 Å². The highest BCUT2D eigenvalue weighted by atomic mass is 16.4. The number of carboxylic acid groups (broad SMARTS) is 1. The van der Waals surface area contributed by atoms with Crippen LogP contribution in [-0.4, -0.2) is 33.5 Å². The summed E-state index contributed by atoms with van der Waals surface area (Å²) in [5.41, 5.74) is 0.317. The third-order valence-corrected chi connectivity index (χ3v) is 13.4. The zero-order chi connectivity index (χ0) is 25.1. The van der Waals surface area contributed by atoms with E-state index in [1.54, 1.807) is 6.92 Å². The van der Waals surface area contributed by atoms with Gasteiger partial charge in [0.15, 0.2) is 0 Å². The lowest BCUT2D eigenvalue weighted by atomic mass is 9.33. The molecule has 0 aromatic heterocycles. The van der Waals surface area contributed by atoms with Gasteiger partial charge in [0.25, 0.3) is 0 Å². The highest BCUT2D eigenvalue weighted by Crippen LogP contribution is 2.75. The summed E-state index contributed by atoms with van der Waals surface area (Å²) in [5, 5.41) is 33.1. The van der Waals surface area contributed by atoms with Gasteiger partial charge >= 0.3 is 5.97 Å². The maximum Gasteiger partial charge on any atom is 0.312 e. The van der Waals surface area contributed by atoms with E-state index in [-0.39, 0.29) is 28.1 Å². The smallest absolute Gasteiger partial charge is 0.312 e. The third-order valence-electron chi connectivity index (χ3n) is 13.4. The summed E-state index contributed by atoms with van der Waals surface area (Å²) in [7, 11) is 0. The zero-order valence-corrected chi connectivity index (χ0v) is 22.5. The van der Waals surface area contributed by atoms with Gasteiger partial charge in [-0.15, -0.1) is 0 Å². The summed E-state index contributed by atoms with van der Waals surface area (Å²) in [5.74, 6) is 0.836. The molecule has 4 saturated carbocycles. The normalized spacial score (nSPS) is 59.1. The van der Waals surface area contributed by atoms with Crippen molar-refractivity contribution >= 4 is 5.97 Å². The van der Waals surface area contributed by atoms with Crippen molar-refractivity contribution in [3.8, 4) is 0 Å². The first-order valence-corrected chi connectivity index (χ1v) is 14.0. The molecule has 4 fully saturated rings. The Morgan fingerprint density at radius 3 is 2.24 bits per heavy atom. The topological polar surface area (TPSA) is 77.8 Å². The molecule has 12 atom stereocenters. The molecule has 0 amide bonds. The van der Waals surface area contributed by atoms with E-state index in [2.05, 4.69) is 47.6 Å². The van der Waals surface area contributed by atoms with Gasteiger partial charge in [-0.2, -0.15) is 0 Å². The van der Waals surface area contributed by atoms with Crippen LogP contribution in [0.3, 0.4) is 0 Å². The van der Waals surface area contributed by atoms with E-state index in [0.29, 0.717) is 29.6 Å². The molecule has 0 saturated heterocycles. The average molecular weight is 473 g/mol. The number of fused-ring (bicyclic) bond motifs is 7. The number of carbonyl (C=O) groups is 1. The average Bonchev–Trinajstić information content (AvgIpc) is 2.75. The molecule has 4 nitrogen and oxygen atoms in total. The van der Waals surface area contributed by atoms with Gasteiger partial charge in [-0.1, -0.05) is 53.2 Å². The van der Waals surface area contributed by atoms with Gasteiger partial charge in [0, 0.05) is 5.92 Å². The Hall–Kier alpha value is -0.870. The van der Waals surface area contributed by atoms with Crippen molar-refractivity contribution in [3.63, 3.8) is 0 Å². The van der Waals surface area contributed by atoms with Gasteiger partial charge in [-0.3, -0.25) is 4.79 Å². The minimum atomic E-state index is -1.16. The number of allylic oxidation sites excluding steroid dienone is 1. The summed E-state index contributed by atoms with van der Waals surface area (Å²) >= 11 is 0. The van der Waals surface area contributed by atoms with Gasteiger partial charge in [0.2, 0.25) is 0 Å². The summed E-state index contributed by atoms with van der Waals surface area (Å²) in [4.78, 5) is 12.5. The molecule has 0 bridgehead atoms. The van der Waals surface area contributed by atoms with Crippen molar-refractivity contribution in [3.05, 3.63) is 11.6 Å². The highest BCUT2D eigenvalue weighted by Gasteiger charge is 2.71. The van der Waals surface area contributed by atoms with Crippen molar-refractivity contribution in [2.24, 2.45) is 56.7 Å². The molecule has 5 aliphatic rings. The standard InChI is InChI=1S/C30H48O4/c1-17-8-11-26(3)14-15-28(5)19(23(26)18(17)2)16-20(31)24-27(4)12-10-22(32)30(7,25(33)34)21(27)9-13-29(24,28)6/h16-18,20-24,31-32H,8-15H2,1-7H3,(H,33,34)/t17-,18+,20?,21-,22-,23+,24-,26-,27+,28-,29-,30-/m1/s1. The highest BCUT2D eigenvalue weighted by molar-refractivity contribution is 5.76. The monoisotopic (exact) mass is 472 g/mol. The number of aliphatic hydroxyl groups excluding tert-OH is 2. The largest absolute Gasteiger partial charge is 0.481 e. The second kappa shape index (κ2) is 7.34. The summed E-state index contributed by atoms with van der Waals surface area (Å²) < 4.78 is 0. The molecule has 34 heavy (non-hydrogen) atoms. The van der Waals surface area contributed by atoms with E-state index in [1.165, 1.54) is 24.8 Å². The molecule has 0 spiro atoms. The van der Waals surface area contributed by atoms with Crippen molar-refractivity contribution in [1.82, 2.24) is 0 Å². The third kappa shape index (κ3) is 2.76. The van der Waals surface area contributed by atoms with Crippen molar-refractivity contribution in [1.29, 1.82) is 0 Å². The molecule has 4 heteroatoms. The Morgan fingerprint density at radius 1 is 0.912 bits per heavy atom. The van der Waals surface area contributed by atoms with Crippen LogP contribution in [0.15, 0.2) is 11.6 Å². The SMILES string of the molecule is C[C@H]1[C@H](C)CC[C@]2(C)CC[C@]3(C)C(=CC(O)[C@@H]4[C@@]5(C)CC[C@@H](O)[C@](C)(C(=O)O)[C@@H]5CC[C@]43C)[C@H]12. The first kappa shape index (κ1) is 24.8. The van der Waals surface area contributed by atoms with Crippen LogP contribution >= 0.6 is 0 Å². The van der Waals surface area contributed by atoms with E-state index >= 15 is 0 Å². The first-order valence-electron chi connectivity index (χ1n) is 14.0. The van der Waals surface area contributed by atoms with E-state index < -0.39 is 23.6 Å². The number of aliphatic hydroxyl groups is 2. The summed E-state index contributed by atoms with van der Waals surface area (Å²) in [6.07, 6.45) is 8.88. The van der Waals surface area contributed by atoms with Crippen LogP contribution in [0.4, 0.5) is 0 Å². The summed E-state index contributed by atoms with van der Waals surface area (Å²) in [6.45, 7) is 16.3. The molecule has 5 rings (SSSR count). The Kier molecular flexibility index (Phi) is 5.36. The maximum absolute atomic E-state index is 12.5. The van der Waals surface area contributed by atoms with Crippen molar-refractivity contribution in [2.75, 3.05) is 0 Å². The second-order valence-electron chi connectivity index (χ2n) is 14.6. The zero-order valence-electron chi connectivity index (χ0n) is 22.5. The summed E-state index contributed by atoms with van der Waals surface area (Å²) in [6, 6.07) is 0. The van der Waals surface area contributed by atoms with Crippen LogP contribution in [0, 0.1) is 56.7 Å². The molecular weight excluding hydrogens is 424 g/mol. The molecule has 0 aromatic carbocycles. The molecule has 0 aliphatic heterocycles. The van der Waals surface area contributed by atoms with E-state index in [1.807, 2.05) is 0 Å². The quantitative estimate of drug-likeness (QED) is 0.405. The first-order chi connectivity index (χ1) is 15.7. The molecule has 5 aliphatic carbocycles. The lowest BCUT2D eigenvalue weighted by Crippen LogP contribution is -2.68. The van der Waals surface area contributed by atoms with Crippen LogP contribution in [0.2, 0.25) is 0 Å². The van der Waals surface area contributed by atoms with Crippen molar-refractivity contribution < 1.29 is 20.1 Å². The minimum Gasteiger partial charge on any atom is -0.481 e. The van der Waals surface area contributed by atoms with Gasteiger partial charge < -0.3 is 15.3 Å². The minimum absolute atomic E-state index is 0.0133. The molecule has 192 valence electrons. The lowest BCUT2D eigenvalue weighted by Gasteiger charge is -2.72. The maximum atomic E-state index is 12.5. The van der Waals surface area contributed by atoms with Crippen LogP contribution in [0.5, 0.6) is 0 Å². The second-order valence-corrected chi connectivity index (χ2v) is 14.6. The van der Waals surface area contributed by atoms with E-state index in [9.17, 15) is 20.1 Å². The Morgan fingerprint density at radius 2 is 1.59 bits per heavy atom. The van der Waals surface area contributed by atoms with Gasteiger partial charge in [0.1, 0.15) is 0 Å². The molecule has 3 N–H and O–H groups in total. The number of hydrogen-bond donors (Lipinski definition) is 3. The number of aliphatic carboxylic acids is 1.